The third-order valence-corrected chi connectivity index (χ3v) is 3.57. The van der Waals surface area contributed by atoms with Crippen molar-refractivity contribution in [3.05, 3.63) is 71.9 Å². The summed E-state index contributed by atoms with van der Waals surface area (Å²) in [6, 6.07) is 18.3. The van der Waals surface area contributed by atoms with Crippen molar-refractivity contribution >= 4 is 23.1 Å². The molecule has 0 spiro atoms. The average Bonchev–Trinajstić information content (AvgIpc) is 2.65. The minimum Gasteiger partial charge on any atom is -0.497 e. The normalized spacial score (nSPS) is 10.2. The van der Waals surface area contributed by atoms with Gasteiger partial charge in [-0.25, -0.2) is 0 Å². The van der Waals surface area contributed by atoms with Gasteiger partial charge in [0.1, 0.15) is 5.75 Å². The van der Waals surface area contributed by atoms with Crippen molar-refractivity contribution in [2.24, 2.45) is 0 Å². The number of benzene rings is 2. The maximum atomic E-state index is 12.2. The van der Waals surface area contributed by atoms with E-state index < -0.39 is 0 Å². The number of aryl methyl sites for hydroxylation is 1. The molecular formula is C19H18N4O2. The Labute approximate surface area is 145 Å². The molecule has 0 saturated heterocycles. The molecule has 0 bridgehead atoms. The number of anilines is 3. The third-order valence-electron chi connectivity index (χ3n) is 3.57. The largest absolute Gasteiger partial charge is 0.497 e. The van der Waals surface area contributed by atoms with Crippen LogP contribution in [0.3, 0.4) is 0 Å². The first-order chi connectivity index (χ1) is 12.1. The van der Waals surface area contributed by atoms with Crippen molar-refractivity contribution in [2.75, 3.05) is 17.7 Å². The van der Waals surface area contributed by atoms with Gasteiger partial charge < -0.3 is 15.4 Å². The van der Waals surface area contributed by atoms with E-state index in [1.807, 2.05) is 31.2 Å². The second-order valence-electron chi connectivity index (χ2n) is 5.48. The number of amides is 1. The zero-order chi connectivity index (χ0) is 17.6. The Kier molecular flexibility index (Phi) is 4.89. The second-order valence-corrected chi connectivity index (χ2v) is 5.48. The second kappa shape index (κ2) is 7.44. The van der Waals surface area contributed by atoms with Gasteiger partial charge in [-0.15, -0.1) is 10.2 Å². The molecule has 6 heteroatoms. The summed E-state index contributed by atoms with van der Waals surface area (Å²) < 4.78 is 5.09. The van der Waals surface area contributed by atoms with Crippen LogP contribution < -0.4 is 15.4 Å². The fraction of sp³-hybridized carbons (Fsp3) is 0.105. The number of hydrogen-bond donors (Lipinski definition) is 2. The molecule has 6 nitrogen and oxygen atoms in total. The van der Waals surface area contributed by atoms with Gasteiger partial charge in [-0.1, -0.05) is 17.7 Å². The molecule has 2 N–H and O–H groups in total. The molecule has 0 radical (unpaired) electrons. The molecule has 0 aliphatic carbocycles. The number of nitrogens with one attached hydrogen (secondary N) is 2. The summed E-state index contributed by atoms with van der Waals surface area (Å²) in [5.41, 5.74) is 3.00. The Morgan fingerprint density at radius 1 is 0.880 bits per heavy atom. The maximum absolute atomic E-state index is 12.2. The van der Waals surface area contributed by atoms with Gasteiger partial charge in [0.2, 0.25) is 0 Å². The molecule has 0 saturated carbocycles. The van der Waals surface area contributed by atoms with E-state index >= 15 is 0 Å². The van der Waals surface area contributed by atoms with Crippen LogP contribution in [0.1, 0.15) is 16.1 Å². The van der Waals surface area contributed by atoms with Crippen LogP contribution in [-0.4, -0.2) is 23.2 Å². The van der Waals surface area contributed by atoms with Crippen LogP contribution >= 0.6 is 0 Å². The van der Waals surface area contributed by atoms with Crippen molar-refractivity contribution in [3.63, 3.8) is 0 Å². The summed E-state index contributed by atoms with van der Waals surface area (Å²) in [4.78, 5) is 12.2. The summed E-state index contributed by atoms with van der Waals surface area (Å²) in [5, 5.41) is 13.9. The van der Waals surface area contributed by atoms with E-state index in [1.54, 1.807) is 43.5 Å². The first kappa shape index (κ1) is 16.4. The quantitative estimate of drug-likeness (QED) is 0.742. The summed E-state index contributed by atoms with van der Waals surface area (Å²) in [5.74, 6) is 0.980. The molecule has 0 unspecified atom stereocenters. The number of rotatable bonds is 5. The Balaban J connectivity index is 1.64. The van der Waals surface area contributed by atoms with E-state index in [4.69, 9.17) is 4.74 Å². The molecule has 1 amide bonds. The fourth-order valence-electron chi connectivity index (χ4n) is 2.17. The molecule has 25 heavy (non-hydrogen) atoms. The molecule has 0 atom stereocenters. The average molecular weight is 334 g/mol. The van der Waals surface area contributed by atoms with Gasteiger partial charge in [-0.2, -0.15) is 0 Å². The summed E-state index contributed by atoms with van der Waals surface area (Å²) in [7, 11) is 1.59. The lowest BCUT2D eigenvalue weighted by molar-refractivity contribution is 0.102. The van der Waals surface area contributed by atoms with Crippen LogP contribution in [-0.2, 0) is 0 Å². The standard InChI is InChI=1S/C19H18N4O2/c1-13-3-5-14(6-4-13)20-18-12-11-17(22-23-18)19(24)21-15-7-9-16(25-2)10-8-15/h3-12H,1-2H3,(H,20,23)(H,21,24). The predicted octanol–water partition coefficient (Wildman–Crippen LogP) is 3.79. The third kappa shape index (κ3) is 4.32. The molecule has 1 aromatic heterocycles. The summed E-state index contributed by atoms with van der Waals surface area (Å²) in [6.45, 7) is 2.03. The molecule has 0 aliphatic heterocycles. The maximum Gasteiger partial charge on any atom is 0.276 e. The van der Waals surface area contributed by atoms with Crippen LogP contribution in [0.2, 0.25) is 0 Å². The van der Waals surface area contributed by atoms with Gasteiger partial charge in [-0.05, 0) is 55.5 Å². The lowest BCUT2D eigenvalue weighted by Crippen LogP contribution is -2.14. The SMILES string of the molecule is COc1ccc(NC(=O)c2ccc(Nc3ccc(C)cc3)nn2)cc1. The van der Waals surface area contributed by atoms with Gasteiger partial charge >= 0.3 is 0 Å². The van der Waals surface area contributed by atoms with Gasteiger partial charge in [0.15, 0.2) is 11.5 Å². The van der Waals surface area contributed by atoms with E-state index in [1.165, 1.54) is 5.56 Å². The van der Waals surface area contributed by atoms with E-state index in [2.05, 4.69) is 20.8 Å². The number of carbonyl (C=O) groups is 1. The molecular weight excluding hydrogens is 316 g/mol. The van der Waals surface area contributed by atoms with Crippen molar-refractivity contribution in [3.8, 4) is 5.75 Å². The Morgan fingerprint density at radius 2 is 1.56 bits per heavy atom. The van der Waals surface area contributed by atoms with E-state index in [9.17, 15) is 4.79 Å². The number of ether oxygens (including phenoxy) is 1. The number of hydrogen-bond acceptors (Lipinski definition) is 5. The highest BCUT2D eigenvalue weighted by molar-refractivity contribution is 6.02. The van der Waals surface area contributed by atoms with Gasteiger partial charge in [-0.3, -0.25) is 4.79 Å². The van der Waals surface area contributed by atoms with Crippen LogP contribution in [0.4, 0.5) is 17.2 Å². The van der Waals surface area contributed by atoms with Crippen molar-refractivity contribution < 1.29 is 9.53 Å². The van der Waals surface area contributed by atoms with Gasteiger partial charge in [0.25, 0.3) is 5.91 Å². The van der Waals surface area contributed by atoms with Gasteiger partial charge in [0.05, 0.1) is 7.11 Å². The number of methoxy groups -OCH3 is 1. The Morgan fingerprint density at radius 3 is 2.16 bits per heavy atom. The van der Waals surface area contributed by atoms with E-state index in [0.29, 0.717) is 11.5 Å². The fourth-order valence-corrected chi connectivity index (χ4v) is 2.17. The monoisotopic (exact) mass is 334 g/mol. The van der Waals surface area contributed by atoms with Crippen LogP contribution in [0.25, 0.3) is 0 Å². The number of aromatic nitrogens is 2. The van der Waals surface area contributed by atoms with Crippen LogP contribution in [0, 0.1) is 6.92 Å². The predicted molar refractivity (Wildman–Crippen MR) is 97.4 cm³/mol. The van der Waals surface area contributed by atoms with E-state index in [0.717, 1.165) is 11.4 Å². The Bertz CT molecular complexity index is 844. The lowest BCUT2D eigenvalue weighted by atomic mass is 10.2. The molecule has 3 rings (SSSR count). The first-order valence-corrected chi connectivity index (χ1v) is 7.77. The lowest BCUT2D eigenvalue weighted by Gasteiger charge is -2.07. The number of carbonyl (C=O) groups excluding carboxylic acids is 1. The molecule has 0 fully saturated rings. The summed E-state index contributed by atoms with van der Waals surface area (Å²) >= 11 is 0. The number of nitrogens with zero attached hydrogens (tertiary/aromatic N) is 2. The highest BCUT2D eigenvalue weighted by Crippen LogP contribution is 2.17. The van der Waals surface area contributed by atoms with Crippen molar-refractivity contribution in [2.45, 2.75) is 6.92 Å². The minimum absolute atomic E-state index is 0.241. The first-order valence-electron chi connectivity index (χ1n) is 7.77. The highest BCUT2D eigenvalue weighted by atomic mass is 16.5. The molecule has 1 heterocycles. The highest BCUT2D eigenvalue weighted by Gasteiger charge is 2.09. The smallest absolute Gasteiger partial charge is 0.276 e. The van der Waals surface area contributed by atoms with Crippen molar-refractivity contribution in [1.29, 1.82) is 0 Å². The van der Waals surface area contributed by atoms with Crippen LogP contribution in [0.15, 0.2) is 60.7 Å². The molecule has 126 valence electrons. The van der Waals surface area contributed by atoms with Crippen molar-refractivity contribution in [1.82, 2.24) is 10.2 Å². The van der Waals surface area contributed by atoms with E-state index in [-0.39, 0.29) is 11.6 Å². The Hall–Kier alpha value is -3.41. The zero-order valence-electron chi connectivity index (χ0n) is 14.0. The molecule has 3 aromatic rings. The zero-order valence-corrected chi connectivity index (χ0v) is 14.0. The molecule has 0 aliphatic rings. The minimum atomic E-state index is -0.320. The topological polar surface area (TPSA) is 76.1 Å². The molecule has 2 aromatic carbocycles. The summed E-state index contributed by atoms with van der Waals surface area (Å²) in [6.07, 6.45) is 0. The van der Waals surface area contributed by atoms with Crippen LogP contribution in [0.5, 0.6) is 5.75 Å². The van der Waals surface area contributed by atoms with Gasteiger partial charge in [0, 0.05) is 11.4 Å².